The van der Waals surface area contributed by atoms with Gasteiger partial charge in [0.05, 0.1) is 0 Å². The molecule has 4 nitrogen and oxygen atoms in total. The van der Waals surface area contributed by atoms with Crippen molar-refractivity contribution < 1.29 is 8.87 Å². The third kappa shape index (κ3) is 2.46. The van der Waals surface area contributed by atoms with Gasteiger partial charge in [0, 0.05) is 18.0 Å². The predicted octanol–water partition coefficient (Wildman–Crippen LogP) is 0.815. The minimum atomic E-state index is -0.772. The van der Waals surface area contributed by atoms with Gasteiger partial charge >= 0.3 is 0 Å². The number of aliphatic imine (C=N–C) groups is 1. The van der Waals surface area contributed by atoms with Gasteiger partial charge in [-0.25, -0.2) is 5.43 Å². The molecular formula is C6H10F2N4. The zero-order chi connectivity index (χ0) is 8.97. The Labute approximate surface area is 68.8 Å². The number of hydrogen-bond acceptors (Lipinski definition) is 3. The van der Waals surface area contributed by atoms with Crippen molar-refractivity contribution >= 4 is 5.84 Å². The van der Waals surface area contributed by atoms with E-state index in [1.165, 1.54) is 0 Å². The monoisotopic (exact) mass is 176 g/mol. The van der Waals surface area contributed by atoms with Gasteiger partial charge in [-0.05, 0) is 6.42 Å². The standard InChI is InChI=1S/C6H10F2N4/c1-2-3-9-6-4-5(7)10-12(8)11-6/h4,10H,2-3H2,1H3,(H,9,11). The molecule has 0 aromatic rings. The van der Waals surface area contributed by atoms with Gasteiger partial charge in [-0.3, -0.25) is 10.4 Å². The van der Waals surface area contributed by atoms with E-state index < -0.39 is 5.95 Å². The van der Waals surface area contributed by atoms with Crippen molar-refractivity contribution in [3.8, 4) is 0 Å². The Morgan fingerprint density at radius 2 is 2.33 bits per heavy atom. The van der Waals surface area contributed by atoms with Crippen LogP contribution in [-0.2, 0) is 0 Å². The molecule has 0 fully saturated rings. The van der Waals surface area contributed by atoms with Gasteiger partial charge in [0.2, 0.25) is 5.95 Å². The molecule has 0 aromatic carbocycles. The first-order valence-corrected chi connectivity index (χ1v) is 3.63. The van der Waals surface area contributed by atoms with Gasteiger partial charge in [-0.15, -0.1) is 0 Å². The second-order valence-electron chi connectivity index (χ2n) is 2.26. The Morgan fingerprint density at radius 3 is 2.92 bits per heavy atom. The maximum atomic E-state index is 12.5. The summed E-state index contributed by atoms with van der Waals surface area (Å²) < 4.78 is 24.8. The first-order chi connectivity index (χ1) is 5.72. The van der Waals surface area contributed by atoms with E-state index in [2.05, 4.69) is 10.4 Å². The lowest BCUT2D eigenvalue weighted by Gasteiger charge is -2.19. The SMILES string of the molecule is CCCN=C1C=C(F)NN(F)N1. The quantitative estimate of drug-likeness (QED) is 0.483. The van der Waals surface area contributed by atoms with Gasteiger partial charge in [0.1, 0.15) is 5.84 Å². The van der Waals surface area contributed by atoms with E-state index in [0.29, 0.717) is 6.54 Å². The summed E-state index contributed by atoms with van der Waals surface area (Å²) in [6, 6.07) is 0. The molecule has 0 saturated heterocycles. The molecule has 6 heteroatoms. The van der Waals surface area contributed by atoms with Crippen LogP contribution in [0.2, 0.25) is 0 Å². The Hall–Kier alpha value is -1.17. The Kier molecular flexibility index (Phi) is 2.98. The Balaban J connectivity index is 2.60. The summed E-state index contributed by atoms with van der Waals surface area (Å²) in [5.41, 5.74) is 3.93. The van der Waals surface area contributed by atoms with Crippen molar-refractivity contribution in [1.82, 2.24) is 16.2 Å². The molecule has 0 amide bonds. The summed E-state index contributed by atoms with van der Waals surface area (Å²) in [5.74, 6) is -0.596. The van der Waals surface area contributed by atoms with Gasteiger partial charge in [-0.1, -0.05) is 11.4 Å². The van der Waals surface area contributed by atoms with Crippen molar-refractivity contribution in [3.63, 3.8) is 0 Å². The highest BCUT2D eigenvalue weighted by Gasteiger charge is 2.12. The fourth-order valence-corrected chi connectivity index (χ4v) is 0.720. The van der Waals surface area contributed by atoms with Crippen molar-refractivity contribution in [3.05, 3.63) is 12.0 Å². The van der Waals surface area contributed by atoms with Crippen molar-refractivity contribution in [2.75, 3.05) is 6.54 Å². The normalized spacial score (nSPS) is 21.6. The van der Waals surface area contributed by atoms with Crippen LogP contribution in [0.15, 0.2) is 17.0 Å². The summed E-state index contributed by atoms with van der Waals surface area (Å²) in [5, 5.41) is -0.0795. The lowest BCUT2D eigenvalue weighted by Crippen LogP contribution is -2.47. The number of halogens is 2. The highest BCUT2D eigenvalue weighted by molar-refractivity contribution is 5.93. The first kappa shape index (κ1) is 8.92. The molecule has 0 saturated carbocycles. The zero-order valence-corrected chi connectivity index (χ0v) is 6.64. The molecule has 0 spiro atoms. The molecule has 0 aliphatic carbocycles. The van der Waals surface area contributed by atoms with Crippen molar-refractivity contribution in [2.45, 2.75) is 13.3 Å². The summed E-state index contributed by atoms with van der Waals surface area (Å²) in [6.45, 7) is 2.47. The van der Waals surface area contributed by atoms with Crippen LogP contribution in [0.4, 0.5) is 8.87 Å². The van der Waals surface area contributed by atoms with E-state index in [9.17, 15) is 8.87 Å². The molecule has 0 unspecified atom stereocenters. The maximum absolute atomic E-state index is 12.5. The minimum absolute atomic E-state index is 0.0795. The molecule has 0 bridgehead atoms. The van der Waals surface area contributed by atoms with Gasteiger partial charge in [-0.2, -0.15) is 4.39 Å². The summed E-state index contributed by atoms with van der Waals surface area (Å²) in [7, 11) is 0. The summed E-state index contributed by atoms with van der Waals surface area (Å²) in [6.07, 6.45) is 1.92. The zero-order valence-electron chi connectivity index (χ0n) is 6.64. The predicted molar refractivity (Wildman–Crippen MR) is 41.0 cm³/mol. The van der Waals surface area contributed by atoms with Gasteiger partial charge < -0.3 is 0 Å². The maximum Gasteiger partial charge on any atom is 0.208 e. The van der Waals surface area contributed by atoms with Crippen molar-refractivity contribution in [2.24, 2.45) is 4.99 Å². The Bertz CT molecular complexity index is 214. The number of rotatable bonds is 2. The van der Waals surface area contributed by atoms with E-state index >= 15 is 0 Å². The first-order valence-electron chi connectivity index (χ1n) is 3.63. The molecule has 0 aromatic heterocycles. The van der Waals surface area contributed by atoms with E-state index in [1.807, 2.05) is 6.92 Å². The molecule has 0 atom stereocenters. The minimum Gasteiger partial charge on any atom is -0.267 e. The largest absolute Gasteiger partial charge is 0.267 e. The highest BCUT2D eigenvalue weighted by Crippen LogP contribution is 1.99. The average molecular weight is 176 g/mol. The van der Waals surface area contributed by atoms with E-state index in [1.54, 1.807) is 5.43 Å². The number of amidine groups is 1. The Morgan fingerprint density at radius 1 is 1.58 bits per heavy atom. The van der Waals surface area contributed by atoms with E-state index in [-0.39, 0.29) is 11.2 Å². The lowest BCUT2D eigenvalue weighted by molar-refractivity contribution is -0.0613. The fourth-order valence-electron chi connectivity index (χ4n) is 0.720. The topological polar surface area (TPSA) is 39.7 Å². The summed E-state index contributed by atoms with van der Waals surface area (Å²) in [4.78, 5) is 3.87. The smallest absolute Gasteiger partial charge is 0.208 e. The van der Waals surface area contributed by atoms with Crippen LogP contribution in [-0.4, -0.2) is 17.7 Å². The number of hydrazine groups is 2. The third-order valence-corrected chi connectivity index (χ3v) is 1.19. The van der Waals surface area contributed by atoms with Crippen LogP contribution in [0.3, 0.4) is 0 Å². The van der Waals surface area contributed by atoms with Crippen LogP contribution in [0.5, 0.6) is 0 Å². The number of hydrogen-bond donors (Lipinski definition) is 2. The van der Waals surface area contributed by atoms with Gasteiger partial charge in [0.15, 0.2) is 0 Å². The number of nitrogens with one attached hydrogen (secondary N) is 2. The van der Waals surface area contributed by atoms with Crippen molar-refractivity contribution in [1.29, 1.82) is 0 Å². The fraction of sp³-hybridized carbons (Fsp3) is 0.500. The van der Waals surface area contributed by atoms with Crippen LogP contribution in [0, 0.1) is 0 Å². The highest BCUT2D eigenvalue weighted by atomic mass is 19.2. The molecule has 2 N–H and O–H groups in total. The molecule has 68 valence electrons. The van der Waals surface area contributed by atoms with Crippen LogP contribution >= 0.6 is 0 Å². The second-order valence-corrected chi connectivity index (χ2v) is 2.26. The second kappa shape index (κ2) is 4.01. The molecule has 1 heterocycles. The molecular weight excluding hydrogens is 166 g/mol. The van der Waals surface area contributed by atoms with Crippen LogP contribution < -0.4 is 10.9 Å². The molecule has 1 rings (SSSR count). The third-order valence-electron chi connectivity index (χ3n) is 1.19. The summed E-state index contributed by atoms with van der Waals surface area (Å²) >= 11 is 0. The molecule has 0 radical (unpaired) electrons. The average Bonchev–Trinajstić information content (AvgIpc) is 1.99. The molecule has 1 aliphatic heterocycles. The van der Waals surface area contributed by atoms with E-state index in [0.717, 1.165) is 12.5 Å². The molecule has 12 heavy (non-hydrogen) atoms. The van der Waals surface area contributed by atoms with Crippen LogP contribution in [0.1, 0.15) is 13.3 Å². The lowest BCUT2D eigenvalue weighted by atomic mass is 10.4. The number of nitrogens with zero attached hydrogens (tertiary/aromatic N) is 2. The van der Waals surface area contributed by atoms with E-state index in [4.69, 9.17) is 0 Å². The van der Waals surface area contributed by atoms with Crippen LogP contribution in [0.25, 0.3) is 0 Å². The molecule has 1 aliphatic rings. The van der Waals surface area contributed by atoms with Gasteiger partial charge in [0.25, 0.3) is 0 Å².